The summed E-state index contributed by atoms with van der Waals surface area (Å²) in [4.78, 5) is 20.9. The largest absolute Gasteiger partial charge is 0.477 e. The van der Waals surface area contributed by atoms with E-state index in [1.165, 1.54) is 11.8 Å². The first-order chi connectivity index (χ1) is 16.8. The fourth-order valence-corrected chi connectivity index (χ4v) is 5.34. The predicted octanol–water partition coefficient (Wildman–Crippen LogP) is 4.33. The fourth-order valence-electron chi connectivity index (χ4n) is 5.34. The van der Waals surface area contributed by atoms with Crippen LogP contribution in [0.15, 0.2) is 42.9 Å². The van der Waals surface area contributed by atoms with Crippen molar-refractivity contribution in [2.75, 3.05) is 38.2 Å². The van der Waals surface area contributed by atoms with Crippen LogP contribution in [0.4, 0.5) is 19.0 Å². The van der Waals surface area contributed by atoms with E-state index in [4.69, 9.17) is 9.72 Å². The van der Waals surface area contributed by atoms with Crippen LogP contribution in [0.3, 0.4) is 0 Å². The van der Waals surface area contributed by atoms with E-state index in [-0.39, 0.29) is 11.2 Å². The number of hydrogen-bond donors (Lipinski definition) is 0. The van der Waals surface area contributed by atoms with E-state index in [0.29, 0.717) is 45.0 Å². The Hall–Kier alpha value is -3.27. The third-order valence-electron chi connectivity index (χ3n) is 6.83. The van der Waals surface area contributed by atoms with Gasteiger partial charge in [0.15, 0.2) is 11.5 Å². The van der Waals surface area contributed by atoms with Crippen molar-refractivity contribution >= 4 is 5.82 Å². The van der Waals surface area contributed by atoms with Gasteiger partial charge in [0.25, 0.3) is 0 Å². The maximum atomic E-state index is 13.5. The van der Waals surface area contributed by atoms with E-state index >= 15 is 0 Å². The lowest BCUT2D eigenvalue weighted by Gasteiger charge is -2.48. The van der Waals surface area contributed by atoms with Crippen LogP contribution in [0.5, 0.6) is 5.88 Å². The van der Waals surface area contributed by atoms with Crippen LogP contribution in [0.1, 0.15) is 36.7 Å². The van der Waals surface area contributed by atoms with Gasteiger partial charge >= 0.3 is 6.18 Å². The molecule has 35 heavy (non-hydrogen) atoms. The molecule has 0 unspecified atom stereocenters. The molecular weight excluding hydrogens is 457 g/mol. The number of likely N-dealkylation sites (N-methyl/N-ethyl adjacent to an activating group) is 1. The molecule has 5 heterocycles. The van der Waals surface area contributed by atoms with E-state index in [1.807, 2.05) is 25.1 Å². The summed E-state index contributed by atoms with van der Waals surface area (Å²) >= 11 is 0. The topological polar surface area (TPSA) is 67.3 Å². The van der Waals surface area contributed by atoms with Crippen LogP contribution < -0.4 is 9.64 Å². The molecular formula is C25H27F3N6O. The number of pyridine rings is 2. The molecule has 3 aromatic heterocycles. The molecule has 0 saturated carbocycles. The normalized spacial score (nSPS) is 17.9. The molecule has 1 saturated heterocycles. The summed E-state index contributed by atoms with van der Waals surface area (Å²) in [6.45, 7) is 4.91. The number of alkyl halides is 3. The van der Waals surface area contributed by atoms with E-state index in [1.54, 1.807) is 11.1 Å². The van der Waals surface area contributed by atoms with E-state index in [0.717, 1.165) is 29.7 Å². The van der Waals surface area contributed by atoms with E-state index in [2.05, 4.69) is 33.0 Å². The number of piperidine rings is 1. The molecule has 0 aromatic carbocycles. The summed E-state index contributed by atoms with van der Waals surface area (Å²) in [6.07, 6.45) is 0.979. The van der Waals surface area contributed by atoms with Crippen molar-refractivity contribution in [3.63, 3.8) is 0 Å². The second-order valence-corrected chi connectivity index (χ2v) is 9.15. The Morgan fingerprint density at radius 1 is 1.03 bits per heavy atom. The number of anilines is 1. The summed E-state index contributed by atoms with van der Waals surface area (Å²) in [5, 5.41) is 0. The second-order valence-electron chi connectivity index (χ2n) is 9.15. The number of hydrogen-bond acceptors (Lipinski definition) is 7. The molecule has 0 radical (unpaired) electrons. The summed E-state index contributed by atoms with van der Waals surface area (Å²) in [5.41, 5.74) is 2.71. The Balaban J connectivity index is 1.44. The molecule has 1 spiro atoms. The van der Waals surface area contributed by atoms with Crippen LogP contribution in [-0.2, 0) is 18.1 Å². The highest BCUT2D eigenvalue weighted by molar-refractivity contribution is 5.65. The smallest absolute Gasteiger partial charge is 0.437 e. The van der Waals surface area contributed by atoms with Gasteiger partial charge in [-0.25, -0.2) is 15.0 Å². The zero-order chi connectivity index (χ0) is 24.6. The number of ether oxygens (including phenoxy) is 1. The van der Waals surface area contributed by atoms with Gasteiger partial charge in [-0.15, -0.1) is 0 Å². The van der Waals surface area contributed by atoms with Gasteiger partial charge < -0.3 is 9.64 Å². The monoisotopic (exact) mass is 484 g/mol. The van der Waals surface area contributed by atoms with E-state index in [9.17, 15) is 13.2 Å². The Morgan fingerprint density at radius 3 is 2.54 bits per heavy atom. The average molecular weight is 485 g/mol. The van der Waals surface area contributed by atoms with Crippen molar-refractivity contribution < 1.29 is 17.9 Å². The van der Waals surface area contributed by atoms with Gasteiger partial charge in [0.1, 0.15) is 0 Å². The van der Waals surface area contributed by atoms with Gasteiger partial charge in [-0.05, 0) is 50.6 Å². The van der Waals surface area contributed by atoms with Gasteiger partial charge in [-0.3, -0.25) is 9.88 Å². The molecule has 3 aromatic rings. The third kappa shape index (κ3) is 4.42. The van der Waals surface area contributed by atoms with Crippen molar-refractivity contribution in [2.45, 2.75) is 37.9 Å². The minimum absolute atomic E-state index is 0.0901. The van der Waals surface area contributed by atoms with Crippen LogP contribution in [0.2, 0.25) is 0 Å². The zero-order valence-corrected chi connectivity index (χ0v) is 19.7. The highest BCUT2D eigenvalue weighted by atomic mass is 19.4. The van der Waals surface area contributed by atoms with Crippen LogP contribution in [0.25, 0.3) is 11.3 Å². The number of halogens is 3. The fraction of sp³-hybridized carbons (Fsp3) is 0.440. The lowest BCUT2D eigenvalue weighted by Crippen LogP contribution is -2.51. The standard InChI is InChI=1S/C25H27F3N6O/c1-3-35-23-17(5-4-10-31-23)19-7-6-18-20(32-19)15-33(2)16-24(18)8-13-34(14-9-24)22-21(25(26,27)28)29-11-12-30-22/h4-7,10-12H,3,8-9,13-16H2,1-2H3. The molecule has 0 aliphatic carbocycles. The summed E-state index contributed by atoms with van der Waals surface area (Å²) in [6, 6.07) is 7.95. The Bertz CT molecular complexity index is 1210. The third-order valence-corrected chi connectivity index (χ3v) is 6.83. The minimum atomic E-state index is -4.54. The first-order valence-corrected chi connectivity index (χ1v) is 11.7. The predicted molar refractivity (Wildman–Crippen MR) is 125 cm³/mol. The molecule has 0 amide bonds. The Morgan fingerprint density at radius 2 is 1.80 bits per heavy atom. The first-order valence-electron chi connectivity index (χ1n) is 11.7. The van der Waals surface area contributed by atoms with Crippen molar-refractivity contribution in [1.82, 2.24) is 24.8 Å². The summed E-state index contributed by atoms with van der Waals surface area (Å²) in [7, 11) is 2.06. The molecule has 0 bridgehead atoms. The molecule has 0 N–H and O–H groups in total. The van der Waals surface area contributed by atoms with E-state index < -0.39 is 11.9 Å². The zero-order valence-electron chi connectivity index (χ0n) is 19.7. The average Bonchev–Trinajstić information content (AvgIpc) is 2.84. The highest BCUT2D eigenvalue weighted by Crippen LogP contribution is 2.43. The van der Waals surface area contributed by atoms with Crippen molar-refractivity contribution in [2.24, 2.45) is 0 Å². The lowest BCUT2D eigenvalue weighted by atomic mass is 9.70. The van der Waals surface area contributed by atoms with Crippen LogP contribution in [-0.4, -0.2) is 58.1 Å². The molecule has 2 aliphatic rings. The van der Waals surface area contributed by atoms with Crippen molar-refractivity contribution in [3.8, 4) is 17.1 Å². The number of fused-ring (bicyclic) bond motifs is 2. The van der Waals surface area contributed by atoms with Gasteiger partial charge in [0.2, 0.25) is 5.88 Å². The maximum Gasteiger partial charge on any atom is 0.437 e. The van der Waals surface area contributed by atoms with Gasteiger partial charge in [0.05, 0.1) is 23.6 Å². The molecule has 184 valence electrons. The Labute approximate surface area is 202 Å². The quantitative estimate of drug-likeness (QED) is 0.546. The number of aromatic nitrogens is 4. The first kappa shape index (κ1) is 23.5. The van der Waals surface area contributed by atoms with Crippen LogP contribution in [0, 0.1) is 0 Å². The minimum Gasteiger partial charge on any atom is -0.477 e. The summed E-state index contributed by atoms with van der Waals surface area (Å²) in [5.74, 6) is 0.465. The Kier molecular flexibility index (Phi) is 6.08. The number of nitrogens with zero attached hydrogens (tertiary/aromatic N) is 6. The molecule has 1 fully saturated rings. The molecule has 5 rings (SSSR count). The molecule has 7 nitrogen and oxygen atoms in total. The second kappa shape index (κ2) is 9.07. The SMILES string of the molecule is CCOc1ncccc1-c1ccc2c(n1)CN(C)CC21CCN(c2nccnc2C(F)(F)F)CC1. The lowest BCUT2D eigenvalue weighted by molar-refractivity contribution is -0.140. The highest BCUT2D eigenvalue weighted by Gasteiger charge is 2.44. The van der Waals surface area contributed by atoms with Crippen LogP contribution >= 0.6 is 0 Å². The maximum absolute atomic E-state index is 13.5. The summed E-state index contributed by atoms with van der Waals surface area (Å²) < 4.78 is 46.2. The molecule has 0 atom stereocenters. The van der Waals surface area contributed by atoms with Crippen molar-refractivity contribution in [1.29, 1.82) is 0 Å². The van der Waals surface area contributed by atoms with Gasteiger partial charge in [-0.2, -0.15) is 13.2 Å². The number of rotatable bonds is 4. The molecule has 2 aliphatic heterocycles. The van der Waals surface area contributed by atoms with Gasteiger partial charge in [0, 0.05) is 50.2 Å². The molecule has 10 heteroatoms. The van der Waals surface area contributed by atoms with Gasteiger partial charge in [-0.1, -0.05) is 6.07 Å². The van der Waals surface area contributed by atoms with Crippen molar-refractivity contribution in [3.05, 3.63) is 59.8 Å².